The summed E-state index contributed by atoms with van der Waals surface area (Å²) in [5.41, 5.74) is 5.07. The molecular weight excluding hydrogens is 204 g/mol. The van der Waals surface area contributed by atoms with E-state index in [-0.39, 0.29) is 5.91 Å². The summed E-state index contributed by atoms with van der Waals surface area (Å²) < 4.78 is 0. The highest BCUT2D eigenvalue weighted by Gasteiger charge is 2.38. The van der Waals surface area contributed by atoms with E-state index in [2.05, 4.69) is 10.3 Å². The van der Waals surface area contributed by atoms with Gasteiger partial charge in [-0.3, -0.25) is 4.79 Å². The Balaban J connectivity index is 2.36. The molecule has 86 valence electrons. The summed E-state index contributed by atoms with van der Waals surface area (Å²) in [5, 5.41) is 2.85. The Kier molecular flexibility index (Phi) is 2.46. The number of nitrogens with two attached hydrogens (primary N) is 1. The number of amides is 1. The van der Waals surface area contributed by atoms with Crippen LogP contribution in [0, 0.1) is 0 Å². The second kappa shape index (κ2) is 3.66. The first-order valence-corrected chi connectivity index (χ1v) is 5.30. The van der Waals surface area contributed by atoms with Crippen LogP contribution in [0.2, 0.25) is 0 Å². The molecule has 1 aromatic rings. The van der Waals surface area contributed by atoms with Crippen molar-refractivity contribution in [2.75, 3.05) is 23.7 Å². The highest BCUT2D eigenvalue weighted by molar-refractivity contribution is 5.90. The van der Waals surface area contributed by atoms with Crippen molar-refractivity contribution in [1.82, 2.24) is 10.3 Å². The van der Waals surface area contributed by atoms with Crippen LogP contribution in [0.15, 0.2) is 18.2 Å². The molecule has 2 rings (SSSR count). The number of hydrogen-bond donors (Lipinski definition) is 2. The highest BCUT2D eigenvalue weighted by atomic mass is 16.2. The molecule has 1 aliphatic rings. The first kappa shape index (κ1) is 10.7. The van der Waals surface area contributed by atoms with Crippen LogP contribution in [-0.4, -0.2) is 29.5 Å². The third kappa shape index (κ3) is 1.68. The monoisotopic (exact) mass is 220 g/mol. The van der Waals surface area contributed by atoms with E-state index in [1.54, 1.807) is 6.07 Å². The lowest BCUT2D eigenvalue weighted by atomic mass is 9.99. The number of nitrogens with one attached hydrogen (secondary N) is 1. The van der Waals surface area contributed by atoms with E-state index < -0.39 is 5.54 Å². The molecule has 16 heavy (non-hydrogen) atoms. The predicted molar refractivity (Wildman–Crippen MR) is 63.1 cm³/mol. The lowest BCUT2D eigenvalue weighted by molar-refractivity contribution is -0.126. The Bertz CT molecular complexity index is 416. The highest BCUT2D eigenvalue weighted by Crippen LogP contribution is 2.24. The molecule has 3 N–H and O–H groups in total. The lowest BCUT2D eigenvalue weighted by Crippen LogP contribution is -2.62. The minimum Gasteiger partial charge on any atom is -0.384 e. The fourth-order valence-corrected chi connectivity index (χ4v) is 1.89. The van der Waals surface area contributed by atoms with Gasteiger partial charge in [0.05, 0.1) is 0 Å². The molecule has 1 fully saturated rings. The summed E-state index contributed by atoms with van der Waals surface area (Å²) in [6, 6.07) is 5.46. The van der Waals surface area contributed by atoms with Gasteiger partial charge in [-0.2, -0.15) is 0 Å². The molecule has 0 saturated carbocycles. The van der Waals surface area contributed by atoms with Crippen LogP contribution in [0.25, 0.3) is 0 Å². The quantitative estimate of drug-likeness (QED) is 0.717. The third-order valence-electron chi connectivity index (χ3n) is 2.88. The van der Waals surface area contributed by atoms with Gasteiger partial charge in [0.1, 0.15) is 17.2 Å². The standard InChI is InChI=1S/C11H16N4O/c1-11(2)10(16)13-6-7-15(11)9-5-3-4-8(12)14-9/h3-5H,6-7H2,1-2H3,(H2,12,14)(H,13,16). The summed E-state index contributed by atoms with van der Waals surface area (Å²) in [5.74, 6) is 1.24. The van der Waals surface area contributed by atoms with Crippen LogP contribution < -0.4 is 16.0 Å². The van der Waals surface area contributed by atoms with Crippen LogP contribution in [0.5, 0.6) is 0 Å². The van der Waals surface area contributed by atoms with Gasteiger partial charge in [-0.15, -0.1) is 0 Å². The Morgan fingerprint density at radius 1 is 1.50 bits per heavy atom. The van der Waals surface area contributed by atoms with Crippen molar-refractivity contribution in [3.63, 3.8) is 0 Å². The van der Waals surface area contributed by atoms with Gasteiger partial charge < -0.3 is 16.0 Å². The van der Waals surface area contributed by atoms with E-state index in [1.165, 1.54) is 0 Å². The summed E-state index contributed by atoms with van der Waals surface area (Å²) in [7, 11) is 0. The zero-order chi connectivity index (χ0) is 11.8. The Morgan fingerprint density at radius 2 is 2.25 bits per heavy atom. The summed E-state index contributed by atoms with van der Waals surface area (Å²) in [6.07, 6.45) is 0. The molecule has 0 aromatic carbocycles. The Morgan fingerprint density at radius 3 is 2.94 bits per heavy atom. The lowest BCUT2D eigenvalue weighted by Gasteiger charge is -2.42. The normalized spacial score (nSPS) is 19.4. The van der Waals surface area contributed by atoms with Crippen molar-refractivity contribution < 1.29 is 4.79 Å². The molecule has 0 aliphatic carbocycles. The van der Waals surface area contributed by atoms with Crippen molar-refractivity contribution in [1.29, 1.82) is 0 Å². The maximum Gasteiger partial charge on any atom is 0.245 e. The number of pyridine rings is 1. The van der Waals surface area contributed by atoms with Crippen LogP contribution in [0.3, 0.4) is 0 Å². The summed E-state index contributed by atoms with van der Waals surface area (Å²) in [6.45, 7) is 5.15. The topological polar surface area (TPSA) is 71.2 Å². The first-order valence-electron chi connectivity index (χ1n) is 5.30. The SMILES string of the molecule is CC1(C)C(=O)NCCN1c1cccc(N)n1. The van der Waals surface area contributed by atoms with Gasteiger partial charge in [0.25, 0.3) is 0 Å². The maximum atomic E-state index is 11.8. The number of hydrogen-bond acceptors (Lipinski definition) is 4. The van der Waals surface area contributed by atoms with Crippen molar-refractivity contribution >= 4 is 17.5 Å². The van der Waals surface area contributed by atoms with Gasteiger partial charge in [-0.05, 0) is 26.0 Å². The molecular formula is C11H16N4O. The van der Waals surface area contributed by atoms with Gasteiger partial charge in [0.15, 0.2) is 0 Å². The number of anilines is 2. The van der Waals surface area contributed by atoms with E-state index >= 15 is 0 Å². The number of rotatable bonds is 1. The van der Waals surface area contributed by atoms with Crippen LogP contribution >= 0.6 is 0 Å². The van der Waals surface area contributed by atoms with Crippen molar-refractivity contribution in [2.24, 2.45) is 0 Å². The fraction of sp³-hybridized carbons (Fsp3) is 0.455. The fourth-order valence-electron chi connectivity index (χ4n) is 1.89. The van der Waals surface area contributed by atoms with Gasteiger partial charge in [0, 0.05) is 13.1 Å². The largest absolute Gasteiger partial charge is 0.384 e. The molecule has 0 radical (unpaired) electrons. The predicted octanol–water partition coefficient (Wildman–Crippen LogP) is 0.379. The zero-order valence-electron chi connectivity index (χ0n) is 9.53. The van der Waals surface area contributed by atoms with Crippen molar-refractivity contribution in [3.05, 3.63) is 18.2 Å². The van der Waals surface area contributed by atoms with Crippen LogP contribution in [-0.2, 0) is 4.79 Å². The van der Waals surface area contributed by atoms with Gasteiger partial charge in [-0.1, -0.05) is 6.07 Å². The van der Waals surface area contributed by atoms with E-state index in [0.717, 1.165) is 12.4 Å². The van der Waals surface area contributed by atoms with Crippen LogP contribution in [0.4, 0.5) is 11.6 Å². The number of nitrogens with zero attached hydrogens (tertiary/aromatic N) is 2. The molecule has 0 atom stereocenters. The van der Waals surface area contributed by atoms with E-state index in [4.69, 9.17) is 5.73 Å². The second-order valence-corrected chi connectivity index (χ2v) is 4.39. The Labute approximate surface area is 94.6 Å². The zero-order valence-corrected chi connectivity index (χ0v) is 9.53. The molecule has 0 spiro atoms. The smallest absolute Gasteiger partial charge is 0.245 e. The number of nitrogen functional groups attached to an aromatic ring is 1. The van der Waals surface area contributed by atoms with Crippen molar-refractivity contribution in [2.45, 2.75) is 19.4 Å². The number of piperazine rings is 1. The molecule has 5 heteroatoms. The van der Waals surface area contributed by atoms with E-state index in [1.807, 2.05) is 30.9 Å². The van der Waals surface area contributed by atoms with Crippen molar-refractivity contribution in [3.8, 4) is 0 Å². The average Bonchev–Trinajstić information content (AvgIpc) is 2.22. The maximum absolute atomic E-state index is 11.8. The second-order valence-electron chi connectivity index (χ2n) is 4.39. The Hall–Kier alpha value is -1.78. The van der Waals surface area contributed by atoms with E-state index in [9.17, 15) is 4.79 Å². The number of carbonyl (C=O) groups is 1. The third-order valence-corrected chi connectivity index (χ3v) is 2.88. The molecule has 1 amide bonds. The molecule has 1 saturated heterocycles. The minimum atomic E-state index is -0.584. The molecule has 1 aliphatic heterocycles. The first-order chi connectivity index (χ1) is 7.51. The minimum absolute atomic E-state index is 0.0166. The van der Waals surface area contributed by atoms with Gasteiger partial charge >= 0.3 is 0 Å². The van der Waals surface area contributed by atoms with E-state index in [0.29, 0.717) is 12.4 Å². The van der Waals surface area contributed by atoms with Gasteiger partial charge in [0.2, 0.25) is 5.91 Å². The molecule has 1 aromatic heterocycles. The summed E-state index contributed by atoms with van der Waals surface area (Å²) in [4.78, 5) is 18.0. The summed E-state index contributed by atoms with van der Waals surface area (Å²) >= 11 is 0. The molecule has 0 bridgehead atoms. The average molecular weight is 220 g/mol. The molecule has 2 heterocycles. The van der Waals surface area contributed by atoms with Crippen LogP contribution in [0.1, 0.15) is 13.8 Å². The molecule has 0 unspecified atom stereocenters. The number of carbonyl (C=O) groups excluding carboxylic acids is 1. The van der Waals surface area contributed by atoms with Gasteiger partial charge in [-0.25, -0.2) is 4.98 Å². The molecule has 5 nitrogen and oxygen atoms in total. The number of aromatic nitrogens is 1.